The quantitative estimate of drug-likeness (QED) is 0.616. The molecule has 150 valence electrons. The zero-order chi connectivity index (χ0) is 20.4. The van der Waals surface area contributed by atoms with Crippen LogP contribution in [0.25, 0.3) is 11.4 Å². The van der Waals surface area contributed by atoms with E-state index in [0.717, 1.165) is 5.56 Å². The summed E-state index contributed by atoms with van der Waals surface area (Å²) in [5.74, 6) is 1.90. The third kappa shape index (κ3) is 4.33. The molecule has 0 fully saturated rings. The number of thioether (sulfide) groups is 1. The van der Waals surface area contributed by atoms with Crippen LogP contribution in [0.2, 0.25) is 5.02 Å². The lowest BCUT2D eigenvalue weighted by atomic mass is 10.2. The maximum atomic E-state index is 12.6. The minimum atomic E-state index is -0.371. The van der Waals surface area contributed by atoms with Gasteiger partial charge < -0.3 is 19.4 Å². The number of fused-ring (bicyclic) bond motifs is 1. The van der Waals surface area contributed by atoms with Gasteiger partial charge in [0.1, 0.15) is 13.2 Å². The van der Waals surface area contributed by atoms with E-state index in [0.29, 0.717) is 46.4 Å². The molecule has 1 atom stereocenters. The number of hydrogen-bond donors (Lipinski definition) is 1. The summed E-state index contributed by atoms with van der Waals surface area (Å²) >= 11 is 7.29. The van der Waals surface area contributed by atoms with Crippen LogP contribution in [0.4, 0.5) is 5.69 Å². The Morgan fingerprint density at radius 2 is 1.86 bits per heavy atom. The summed E-state index contributed by atoms with van der Waals surface area (Å²) in [6.07, 6.45) is 0. The number of nitrogens with zero attached hydrogens (tertiary/aromatic N) is 3. The van der Waals surface area contributed by atoms with Crippen molar-refractivity contribution >= 4 is 35.0 Å². The molecule has 0 radical (unpaired) electrons. The van der Waals surface area contributed by atoms with Crippen LogP contribution in [0.15, 0.2) is 47.6 Å². The minimum Gasteiger partial charge on any atom is -0.486 e. The first-order valence-electron chi connectivity index (χ1n) is 9.04. The third-order valence-electron chi connectivity index (χ3n) is 4.40. The average Bonchev–Trinajstić information content (AvgIpc) is 3.08. The van der Waals surface area contributed by atoms with E-state index in [1.54, 1.807) is 18.2 Å². The smallest absolute Gasteiger partial charge is 0.237 e. The highest BCUT2D eigenvalue weighted by molar-refractivity contribution is 8.00. The lowest BCUT2D eigenvalue weighted by Gasteiger charge is -2.19. The second-order valence-corrected chi connectivity index (χ2v) is 8.22. The fourth-order valence-electron chi connectivity index (χ4n) is 2.84. The number of rotatable bonds is 5. The largest absolute Gasteiger partial charge is 0.486 e. The summed E-state index contributed by atoms with van der Waals surface area (Å²) in [6.45, 7) is 2.86. The van der Waals surface area contributed by atoms with E-state index in [1.807, 2.05) is 42.8 Å². The van der Waals surface area contributed by atoms with Crippen molar-refractivity contribution in [1.82, 2.24) is 14.8 Å². The van der Waals surface area contributed by atoms with E-state index in [4.69, 9.17) is 21.1 Å². The number of anilines is 1. The van der Waals surface area contributed by atoms with E-state index < -0.39 is 0 Å². The number of amides is 1. The third-order valence-corrected chi connectivity index (χ3v) is 5.78. The highest BCUT2D eigenvalue weighted by Crippen LogP contribution is 2.33. The zero-order valence-electron chi connectivity index (χ0n) is 15.9. The van der Waals surface area contributed by atoms with Crippen LogP contribution in [0, 0.1) is 0 Å². The van der Waals surface area contributed by atoms with E-state index in [-0.39, 0.29) is 11.2 Å². The van der Waals surface area contributed by atoms with Crippen LogP contribution in [-0.4, -0.2) is 39.1 Å². The molecular formula is C20H19ClN4O3S. The Labute approximate surface area is 177 Å². The van der Waals surface area contributed by atoms with Gasteiger partial charge in [-0.25, -0.2) is 0 Å². The van der Waals surface area contributed by atoms with Gasteiger partial charge in [0.15, 0.2) is 22.5 Å². The van der Waals surface area contributed by atoms with Gasteiger partial charge >= 0.3 is 0 Å². The Hall–Kier alpha value is -2.71. The molecule has 1 unspecified atom stereocenters. The Balaban J connectivity index is 1.43. The molecule has 2 aromatic carbocycles. The fourth-order valence-corrected chi connectivity index (χ4v) is 3.79. The monoisotopic (exact) mass is 430 g/mol. The highest BCUT2D eigenvalue weighted by Gasteiger charge is 2.20. The van der Waals surface area contributed by atoms with E-state index >= 15 is 0 Å². The minimum absolute atomic E-state index is 0.136. The molecule has 0 saturated carbocycles. The van der Waals surface area contributed by atoms with Crippen LogP contribution < -0.4 is 14.8 Å². The van der Waals surface area contributed by atoms with Gasteiger partial charge in [0.2, 0.25) is 5.91 Å². The topological polar surface area (TPSA) is 78.3 Å². The number of nitrogens with one attached hydrogen (secondary N) is 1. The molecule has 0 saturated heterocycles. The Kier molecular flexibility index (Phi) is 5.64. The maximum absolute atomic E-state index is 12.6. The predicted octanol–water partition coefficient (Wildman–Crippen LogP) is 4.03. The van der Waals surface area contributed by atoms with Crippen LogP contribution in [0.5, 0.6) is 11.5 Å². The molecule has 29 heavy (non-hydrogen) atoms. The summed E-state index contributed by atoms with van der Waals surface area (Å²) in [4.78, 5) is 12.6. The van der Waals surface area contributed by atoms with Crippen LogP contribution in [0.3, 0.4) is 0 Å². The molecule has 1 aliphatic heterocycles. The number of carbonyl (C=O) groups excluding carboxylic acids is 1. The van der Waals surface area contributed by atoms with Gasteiger partial charge in [-0.3, -0.25) is 4.79 Å². The summed E-state index contributed by atoms with van der Waals surface area (Å²) in [5, 5.41) is 12.3. The summed E-state index contributed by atoms with van der Waals surface area (Å²) in [7, 11) is 1.87. The Morgan fingerprint density at radius 3 is 2.62 bits per heavy atom. The van der Waals surface area contributed by atoms with Gasteiger partial charge in [-0.05, 0) is 43.3 Å². The van der Waals surface area contributed by atoms with Crippen LogP contribution in [-0.2, 0) is 11.8 Å². The van der Waals surface area contributed by atoms with Gasteiger partial charge in [0.25, 0.3) is 0 Å². The summed E-state index contributed by atoms with van der Waals surface area (Å²) < 4.78 is 12.9. The van der Waals surface area contributed by atoms with E-state index in [1.165, 1.54) is 11.8 Å². The lowest BCUT2D eigenvalue weighted by Crippen LogP contribution is -2.23. The number of halogens is 1. The molecule has 3 aromatic rings. The predicted molar refractivity (Wildman–Crippen MR) is 113 cm³/mol. The van der Waals surface area contributed by atoms with Crippen molar-refractivity contribution in [1.29, 1.82) is 0 Å². The molecule has 1 aliphatic rings. The number of aromatic nitrogens is 3. The molecule has 0 aliphatic carbocycles. The van der Waals surface area contributed by atoms with Gasteiger partial charge in [-0.15, -0.1) is 10.2 Å². The molecular weight excluding hydrogens is 412 g/mol. The van der Waals surface area contributed by atoms with Crippen molar-refractivity contribution in [2.75, 3.05) is 18.5 Å². The first-order chi connectivity index (χ1) is 14.0. The lowest BCUT2D eigenvalue weighted by molar-refractivity contribution is -0.115. The van der Waals surface area contributed by atoms with Gasteiger partial charge in [-0.2, -0.15) is 0 Å². The van der Waals surface area contributed by atoms with Crippen molar-refractivity contribution in [3.63, 3.8) is 0 Å². The number of carbonyl (C=O) groups is 1. The molecule has 2 heterocycles. The second-order valence-electron chi connectivity index (χ2n) is 6.48. The SMILES string of the molecule is CC(Sc1nnc(-c2ccc(Cl)cc2)n1C)C(=O)Nc1ccc2c(c1)OCCO2. The van der Waals surface area contributed by atoms with Gasteiger partial charge in [0, 0.05) is 29.4 Å². The standard InChI is InChI=1S/C20H19ClN4O3S/c1-12(19(26)22-15-7-8-16-17(11-15)28-10-9-27-16)29-20-24-23-18(25(20)2)13-3-5-14(21)6-4-13/h3-8,11-12H,9-10H2,1-2H3,(H,22,26). The highest BCUT2D eigenvalue weighted by atomic mass is 35.5. The molecule has 4 rings (SSSR count). The summed E-state index contributed by atoms with van der Waals surface area (Å²) in [5.41, 5.74) is 1.57. The van der Waals surface area contributed by atoms with Crippen LogP contribution >= 0.6 is 23.4 Å². The number of ether oxygens (including phenoxy) is 2. The Morgan fingerprint density at radius 1 is 1.14 bits per heavy atom. The average molecular weight is 431 g/mol. The van der Waals surface area contributed by atoms with Crippen molar-refractivity contribution < 1.29 is 14.3 Å². The molecule has 7 nitrogen and oxygen atoms in total. The van der Waals surface area contributed by atoms with Crippen molar-refractivity contribution in [3.05, 3.63) is 47.5 Å². The fraction of sp³-hybridized carbons (Fsp3) is 0.250. The molecule has 9 heteroatoms. The molecule has 0 spiro atoms. The zero-order valence-corrected chi connectivity index (χ0v) is 17.5. The second kappa shape index (κ2) is 8.34. The molecule has 0 bridgehead atoms. The van der Waals surface area contributed by atoms with Gasteiger partial charge in [0.05, 0.1) is 5.25 Å². The van der Waals surface area contributed by atoms with Crippen molar-refractivity contribution in [2.24, 2.45) is 7.05 Å². The normalized spacial score (nSPS) is 13.8. The number of benzene rings is 2. The maximum Gasteiger partial charge on any atom is 0.237 e. The molecule has 1 N–H and O–H groups in total. The van der Waals surface area contributed by atoms with Crippen molar-refractivity contribution in [2.45, 2.75) is 17.3 Å². The van der Waals surface area contributed by atoms with E-state index in [9.17, 15) is 4.79 Å². The van der Waals surface area contributed by atoms with Gasteiger partial charge in [-0.1, -0.05) is 23.4 Å². The molecule has 1 aromatic heterocycles. The summed E-state index contributed by atoms with van der Waals surface area (Å²) in [6, 6.07) is 12.7. The number of hydrogen-bond acceptors (Lipinski definition) is 6. The van der Waals surface area contributed by atoms with Crippen LogP contribution in [0.1, 0.15) is 6.92 Å². The first-order valence-corrected chi connectivity index (χ1v) is 10.3. The molecule has 1 amide bonds. The first kappa shape index (κ1) is 19.6. The van der Waals surface area contributed by atoms with E-state index in [2.05, 4.69) is 15.5 Å². The Bertz CT molecular complexity index is 1040. The van der Waals surface area contributed by atoms with Crippen molar-refractivity contribution in [3.8, 4) is 22.9 Å².